The maximum atomic E-state index is 12.4. The van der Waals surface area contributed by atoms with Crippen molar-refractivity contribution in [3.8, 4) is 17.3 Å². The summed E-state index contributed by atoms with van der Waals surface area (Å²) in [6.07, 6.45) is 1.41. The topological polar surface area (TPSA) is 150 Å². The van der Waals surface area contributed by atoms with Crippen LogP contribution in [0.2, 0.25) is 0 Å². The number of carboxylic acids is 1. The molecule has 3 rings (SSSR count). The van der Waals surface area contributed by atoms with Crippen LogP contribution in [-0.4, -0.2) is 51.7 Å². The Hall–Kier alpha value is -4.52. The Morgan fingerprint density at radius 1 is 1.03 bits per heavy atom. The summed E-state index contributed by atoms with van der Waals surface area (Å²) in [5.41, 5.74) is 2.01. The molecule has 0 unspecified atom stereocenters. The van der Waals surface area contributed by atoms with Gasteiger partial charge in [0.1, 0.15) is 11.4 Å². The van der Waals surface area contributed by atoms with Crippen molar-refractivity contribution >= 4 is 23.7 Å². The van der Waals surface area contributed by atoms with Gasteiger partial charge in [0.15, 0.2) is 0 Å². The lowest BCUT2D eigenvalue weighted by molar-refractivity contribution is 0.0526. The maximum absolute atomic E-state index is 12.4. The molecule has 2 aromatic heterocycles. The van der Waals surface area contributed by atoms with E-state index in [1.807, 2.05) is 20.8 Å². The molecule has 0 atom stereocenters. The molecule has 186 valence electrons. The predicted molar refractivity (Wildman–Crippen MR) is 135 cm³/mol. The van der Waals surface area contributed by atoms with Crippen molar-refractivity contribution < 1.29 is 19.4 Å². The van der Waals surface area contributed by atoms with E-state index in [9.17, 15) is 14.7 Å². The molecular formula is C26H28N6O4. The number of hydrogen-bond acceptors (Lipinski definition) is 9. The zero-order valence-corrected chi connectivity index (χ0v) is 20.6. The molecule has 0 fully saturated rings. The zero-order valence-electron chi connectivity index (χ0n) is 20.6. The molecule has 0 spiro atoms. The fraction of sp³-hybridized carbons (Fsp3) is 0.308. The first kappa shape index (κ1) is 26.1. The lowest BCUT2D eigenvalue weighted by Crippen LogP contribution is -2.21. The third-order valence-electron chi connectivity index (χ3n) is 5.12. The number of esters is 1. The van der Waals surface area contributed by atoms with Gasteiger partial charge in [-0.3, -0.25) is 0 Å². The van der Waals surface area contributed by atoms with E-state index in [2.05, 4.69) is 31.7 Å². The predicted octanol–water partition coefficient (Wildman–Crippen LogP) is 4.11. The summed E-state index contributed by atoms with van der Waals surface area (Å²) in [4.78, 5) is 37.2. The van der Waals surface area contributed by atoms with E-state index in [0.29, 0.717) is 47.4 Å². The number of anilines is 2. The van der Waals surface area contributed by atoms with E-state index in [4.69, 9.17) is 10.00 Å². The number of carbonyl (C=O) groups is 2. The molecule has 3 aromatic rings. The highest BCUT2D eigenvalue weighted by atomic mass is 16.5. The Labute approximate surface area is 209 Å². The molecule has 36 heavy (non-hydrogen) atoms. The first-order valence-corrected chi connectivity index (χ1v) is 11.4. The Balaban J connectivity index is 1.74. The van der Waals surface area contributed by atoms with Gasteiger partial charge in [0, 0.05) is 30.3 Å². The molecule has 0 saturated heterocycles. The smallest absolute Gasteiger partial charge is 0.341 e. The lowest BCUT2D eigenvalue weighted by Gasteiger charge is -2.21. The molecule has 0 aliphatic rings. The Bertz CT molecular complexity index is 1290. The van der Waals surface area contributed by atoms with Crippen LogP contribution in [0.3, 0.4) is 0 Å². The summed E-state index contributed by atoms with van der Waals surface area (Å²) in [6.45, 7) is 8.56. The van der Waals surface area contributed by atoms with Crippen LogP contribution in [0.25, 0.3) is 11.3 Å². The van der Waals surface area contributed by atoms with Gasteiger partial charge in [-0.05, 0) is 31.2 Å². The molecule has 0 amide bonds. The zero-order chi connectivity index (χ0) is 26.3. The summed E-state index contributed by atoms with van der Waals surface area (Å²) in [5.74, 6) is -0.671. The van der Waals surface area contributed by atoms with Gasteiger partial charge in [-0.2, -0.15) is 5.26 Å². The maximum Gasteiger partial charge on any atom is 0.341 e. The molecule has 0 saturated carbocycles. The summed E-state index contributed by atoms with van der Waals surface area (Å²) in [7, 11) is 0. The molecule has 3 N–H and O–H groups in total. The number of nitrogens with one attached hydrogen (secondary N) is 2. The van der Waals surface area contributed by atoms with Gasteiger partial charge < -0.3 is 20.5 Å². The van der Waals surface area contributed by atoms with Gasteiger partial charge in [-0.1, -0.05) is 32.9 Å². The number of aromatic carboxylic acids is 1. The third-order valence-corrected chi connectivity index (χ3v) is 5.12. The van der Waals surface area contributed by atoms with Crippen LogP contribution in [0, 0.1) is 11.3 Å². The Morgan fingerprint density at radius 2 is 1.72 bits per heavy atom. The summed E-state index contributed by atoms with van der Waals surface area (Å²) in [5, 5.41) is 24.8. The molecule has 0 aliphatic heterocycles. The second-order valence-corrected chi connectivity index (χ2v) is 8.87. The largest absolute Gasteiger partial charge is 0.478 e. The highest BCUT2D eigenvalue weighted by molar-refractivity contribution is 5.96. The van der Waals surface area contributed by atoms with Crippen molar-refractivity contribution in [1.82, 2.24) is 15.0 Å². The van der Waals surface area contributed by atoms with Crippen molar-refractivity contribution in [2.45, 2.75) is 33.1 Å². The molecule has 0 bridgehead atoms. The second-order valence-electron chi connectivity index (χ2n) is 8.87. The molecule has 1 aromatic carbocycles. The van der Waals surface area contributed by atoms with Gasteiger partial charge in [0.2, 0.25) is 5.95 Å². The molecular weight excluding hydrogens is 460 g/mol. The average Bonchev–Trinajstić information content (AvgIpc) is 2.86. The van der Waals surface area contributed by atoms with Crippen molar-refractivity contribution in [2.75, 3.05) is 30.3 Å². The molecule has 10 heteroatoms. The van der Waals surface area contributed by atoms with Gasteiger partial charge in [-0.25, -0.2) is 24.5 Å². The summed E-state index contributed by atoms with van der Waals surface area (Å²) < 4.78 is 5.13. The van der Waals surface area contributed by atoms with Crippen molar-refractivity contribution in [2.24, 2.45) is 0 Å². The number of benzene rings is 1. The van der Waals surface area contributed by atoms with E-state index in [1.54, 1.807) is 43.3 Å². The van der Waals surface area contributed by atoms with Gasteiger partial charge in [0.05, 0.1) is 35.2 Å². The van der Waals surface area contributed by atoms with Crippen LogP contribution in [-0.2, 0) is 10.2 Å². The first-order valence-electron chi connectivity index (χ1n) is 11.4. The Kier molecular flexibility index (Phi) is 8.17. The number of pyridine rings is 1. The minimum Gasteiger partial charge on any atom is -0.478 e. The number of aromatic nitrogens is 3. The fourth-order valence-electron chi connectivity index (χ4n) is 3.41. The van der Waals surface area contributed by atoms with Crippen LogP contribution in [0.1, 0.15) is 59.7 Å². The number of nitrogens with zero attached hydrogens (tertiary/aromatic N) is 4. The molecule has 0 aliphatic carbocycles. The molecule has 2 heterocycles. The van der Waals surface area contributed by atoms with Gasteiger partial charge in [0.25, 0.3) is 0 Å². The lowest BCUT2D eigenvalue weighted by atomic mass is 9.88. The van der Waals surface area contributed by atoms with Crippen LogP contribution in [0.4, 0.5) is 11.8 Å². The molecule has 0 radical (unpaired) electrons. The summed E-state index contributed by atoms with van der Waals surface area (Å²) >= 11 is 0. The highest BCUT2D eigenvalue weighted by Crippen LogP contribution is 2.26. The van der Waals surface area contributed by atoms with E-state index < -0.39 is 17.4 Å². The van der Waals surface area contributed by atoms with Gasteiger partial charge in [-0.15, -0.1) is 0 Å². The quantitative estimate of drug-likeness (QED) is 0.296. The molecule has 10 nitrogen and oxygen atoms in total. The first-order chi connectivity index (χ1) is 17.1. The van der Waals surface area contributed by atoms with E-state index in [1.165, 1.54) is 6.20 Å². The van der Waals surface area contributed by atoms with E-state index in [0.717, 1.165) is 0 Å². The minimum absolute atomic E-state index is 0.177. The van der Waals surface area contributed by atoms with E-state index in [-0.39, 0.29) is 17.7 Å². The number of rotatable bonds is 9. The van der Waals surface area contributed by atoms with Crippen LogP contribution >= 0.6 is 0 Å². The number of hydrogen-bond donors (Lipinski definition) is 3. The number of carboxylic acid groups (broad SMARTS) is 1. The number of nitriles is 1. The fourth-order valence-corrected chi connectivity index (χ4v) is 3.41. The van der Waals surface area contributed by atoms with Crippen molar-refractivity contribution in [3.63, 3.8) is 0 Å². The minimum atomic E-state index is -1.01. The number of carbonyl (C=O) groups excluding carboxylic acids is 1. The monoisotopic (exact) mass is 488 g/mol. The van der Waals surface area contributed by atoms with Crippen LogP contribution in [0.5, 0.6) is 0 Å². The average molecular weight is 489 g/mol. The standard InChI is InChI=1S/C26H28N6O4/c1-5-36-24(35)19-15-30-25(32-21(19)17-8-6-16(14-27)7-9-17)29-13-12-28-20-11-10-18(23(33)34)22(31-20)26(2,3)4/h6-11,15H,5,12-13H2,1-4H3,(H,28,31)(H,33,34)(H,29,30,32). The normalized spacial score (nSPS) is 10.9. The van der Waals surface area contributed by atoms with E-state index >= 15 is 0 Å². The highest BCUT2D eigenvalue weighted by Gasteiger charge is 2.24. The Morgan fingerprint density at radius 3 is 2.33 bits per heavy atom. The van der Waals surface area contributed by atoms with Crippen molar-refractivity contribution in [3.05, 3.63) is 65.0 Å². The third kappa shape index (κ3) is 6.33. The van der Waals surface area contributed by atoms with Crippen LogP contribution < -0.4 is 10.6 Å². The van der Waals surface area contributed by atoms with Crippen molar-refractivity contribution in [1.29, 1.82) is 5.26 Å². The SMILES string of the molecule is CCOC(=O)c1cnc(NCCNc2ccc(C(=O)O)c(C(C)(C)C)n2)nc1-c1ccc(C#N)cc1. The number of ether oxygens (including phenoxy) is 1. The van der Waals surface area contributed by atoms with Gasteiger partial charge >= 0.3 is 11.9 Å². The van der Waals surface area contributed by atoms with Crippen LogP contribution in [0.15, 0.2) is 42.6 Å². The second kappa shape index (κ2) is 11.3. The summed E-state index contributed by atoms with van der Waals surface area (Å²) in [6, 6.07) is 12.0.